The van der Waals surface area contributed by atoms with Gasteiger partial charge in [0.1, 0.15) is 0 Å². The molecule has 0 saturated carbocycles. The second-order valence-electron chi connectivity index (χ2n) is 4.45. The van der Waals surface area contributed by atoms with Gasteiger partial charge in [0.15, 0.2) is 11.6 Å². The van der Waals surface area contributed by atoms with Crippen molar-refractivity contribution in [3.05, 3.63) is 33.8 Å². The van der Waals surface area contributed by atoms with Crippen LogP contribution in [0.3, 0.4) is 0 Å². The molecule has 4 heteroatoms. The zero-order valence-corrected chi connectivity index (χ0v) is 11.7. The van der Waals surface area contributed by atoms with Crippen molar-refractivity contribution in [3.8, 4) is 11.3 Å². The molecular weight excluding hydrogens is 280 g/mol. The van der Waals surface area contributed by atoms with E-state index in [1.807, 2.05) is 19.1 Å². The van der Waals surface area contributed by atoms with Crippen molar-refractivity contribution < 1.29 is 4.52 Å². The van der Waals surface area contributed by atoms with Crippen molar-refractivity contribution in [3.63, 3.8) is 0 Å². The standard InChI is InChI=1S/C13H15BrN2O/c1-7(2)11-12(17-16-13(11)15)9-5-4-8(3)6-10(9)14/h4-7H,1-3H3,(H2,15,16). The van der Waals surface area contributed by atoms with E-state index in [1.54, 1.807) is 0 Å². The molecule has 17 heavy (non-hydrogen) atoms. The molecule has 0 bridgehead atoms. The van der Waals surface area contributed by atoms with Crippen LogP contribution in [0.2, 0.25) is 0 Å². The first-order chi connectivity index (χ1) is 8.00. The van der Waals surface area contributed by atoms with Gasteiger partial charge in [-0.1, -0.05) is 41.0 Å². The summed E-state index contributed by atoms with van der Waals surface area (Å²) in [5.74, 6) is 1.51. The molecule has 0 fully saturated rings. The third-order valence-electron chi connectivity index (χ3n) is 2.70. The number of nitrogens with zero attached hydrogens (tertiary/aromatic N) is 1. The number of halogens is 1. The first-order valence-corrected chi connectivity index (χ1v) is 6.31. The summed E-state index contributed by atoms with van der Waals surface area (Å²) in [4.78, 5) is 0. The number of hydrogen-bond acceptors (Lipinski definition) is 3. The maximum atomic E-state index is 5.84. The molecular formula is C13H15BrN2O. The van der Waals surface area contributed by atoms with E-state index in [9.17, 15) is 0 Å². The number of hydrogen-bond donors (Lipinski definition) is 1. The second-order valence-corrected chi connectivity index (χ2v) is 5.30. The van der Waals surface area contributed by atoms with Crippen LogP contribution in [-0.2, 0) is 0 Å². The van der Waals surface area contributed by atoms with Crippen LogP contribution >= 0.6 is 15.9 Å². The van der Waals surface area contributed by atoms with Gasteiger partial charge in [0.25, 0.3) is 0 Å². The molecule has 0 aliphatic rings. The maximum absolute atomic E-state index is 5.84. The predicted molar refractivity (Wildman–Crippen MR) is 72.9 cm³/mol. The molecule has 0 radical (unpaired) electrons. The van der Waals surface area contributed by atoms with E-state index in [0.29, 0.717) is 5.82 Å². The van der Waals surface area contributed by atoms with Crippen LogP contribution in [0.15, 0.2) is 27.2 Å². The molecule has 1 heterocycles. The Morgan fingerprint density at radius 1 is 1.35 bits per heavy atom. The Labute approximate surface area is 109 Å². The minimum Gasteiger partial charge on any atom is -0.381 e. The Balaban J connectivity index is 2.61. The third kappa shape index (κ3) is 2.22. The lowest BCUT2D eigenvalue weighted by Crippen LogP contribution is -1.95. The highest BCUT2D eigenvalue weighted by Crippen LogP contribution is 2.37. The summed E-state index contributed by atoms with van der Waals surface area (Å²) in [7, 11) is 0. The first kappa shape index (κ1) is 12.2. The van der Waals surface area contributed by atoms with Gasteiger partial charge in [0.2, 0.25) is 0 Å². The highest BCUT2D eigenvalue weighted by Gasteiger charge is 2.20. The highest BCUT2D eigenvalue weighted by atomic mass is 79.9. The van der Waals surface area contributed by atoms with Crippen LogP contribution in [0, 0.1) is 6.92 Å². The van der Waals surface area contributed by atoms with Crippen molar-refractivity contribution in [1.29, 1.82) is 0 Å². The summed E-state index contributed by atoms with van der Waals surface area (Å²) in [5, 5.41) is 3.86. The van der Waals surface area contributed by atoms with Crippen LogP contribution in [0.25, 0.3) is 11.3 Å². The Morgan fingerprint density at radius 2 is 2.06 bits per heavy atom. The Hall–Kier alpha value is -1.29. The summed E-state index contributed by atoms with van der Waals surface area (Å²) < 4.78 is 6.35. The van der Waals surface area contributed by atoms with Gasteiger partial charge in [-0.2, -0.15) is 0 Å². The van der Waals surface area contributed by atoms with Gasteiger partial charge in [-0.3, -0.25) is 0 Å². The van der Waals surface area contributed by atoms with E-state index in [0.717, 1.165) is 21.4 Å². The molecule has 2 aromatic rings. The lowest BCUT2D eigenvalue weighted by Gasteiger charge is -2.07. The van der Waals surface area contributed by atoms with Crippen LogP contribution in [0.4, 0.5) is 5.82 Å². The molecule has 0 atom stereocenters. The predicted octanol–water partition coefficient (Wildman–Crippen LogP) is 4.12. The fourth-order valence-electron chi connectivity index (χ4n) is 1.87. The molecule has 0 amide bonds. The molecule has 1 aromatic carbocycles. The molecule has 90 valence electrons. The number of benzene rings is 1. The molecule has 3 nitrogen and oxygen atoms in total. The van der Waals surface area contributed by atoms with Gasteiger partial charge in [-0.05, 0) is 30.5 Å². The fourth-order valence-corrected chi connectivity index (χ4v) is 2.54. The number of rotatable bonds is 2. The van der Waals surface area contributed by atoms with Crippen LogP contribution in [0.5, 0.6) is 0 Å². The summed E-state index contributed by atoms with van der Waals surface area (Å²) >= 11 is 3.55. The first-order valence-electron chi connectivity index (χ1n) is 5.52. The molecule has 0 unspecified atom stereocenters. The lowest BCUT2D eigenvalue weighted by molar-refractivity contribution is 0.434. The van der Waals surface area contributed by atoms with E-state index in [2.05, 4.69) is 41.0 Å². The average molecular weight is 295 g/mol. The summed E-state index contributed by atoms with van der Waals surface area (Å²) in [6, 6.07) is 6.12. The second kappa shape index (κ2) is 4.53. The molecule has 0 aliphatic carbocycles. The maximum Gasteiger partial charge on any atom is 0.173 e. The monoisotopic (exact) mass is 294 g/mol. The van der Waals surface area contributed by atoms with E-state index < -0.39 is 0 Å². The summed E-state index contributed by atoms with van der Waals surface area (Å²) in [5.41, 5.74) is 8.99. The number of nitrogens with two attached hydrogens (primary N) is 1. The van der Waals surface area contributed by atoms with Crippen molar-refractivity contribution >= 4 is 21.7 Å². The quantitative estimate of drug-likeness (QED) is 0.906. The smallest absolute Gasteiger partial charge is 0.173 e. The SMILES string of the molecule is Cc1ccc(-c2onc(N)c2C(C)C)c(Br)c1. The number of nitrogen functional groups attached to an aromatic ring is 1. The minimum atomic E-state index is 0.282. The Bertz CT molecular complexity index is 546. The number of aromatic nitrogens is 1. The Kier molecular flexibility index (Phi) is 3.24. The molecule has 0 saturated heterocycles. The largest absolute Gasteiger partial charge is 0.381 e. The lowest BCUT2D eigenvalue weighted by atomic mass is 9.99. The topological polar surface area (TPSA) is 52.0 Å². The normalized spacial score (nSPS) is 11.1. The molecule has 1 aromatic heterocycles. The van der Waals surface area contributed by atoms with Crippen molar-refractivity contribution in [2.45, 2.75) is 26.7 Å². The summed E-state index contributed by atoms with van der Waals surface area (Å²) in [6.07, 6.45) is 0. The van der Waals surface area contributed by atoms with E-state index in [1.165, 1.54) is 5.56 Å². The minimum absolute atomic E-state index is 0.282. The van der Waals surface area contributed by atoms with Gasteiger partial charge in [0, 0.05) is 15.6 Å². The van der Waals surface area contributed by atoms with Gasteiger partial charge in [0.05, 0.1) is 0 Å². The highest BCUT2D eigenvalue weighted by molar-refractivity contribution is 9.10. The molecule has 2 rings (SSSR count). The number of aryl methyl sites for hydroxylation is 1. The van der Waals surface area contributed by atoms with Crippen molar-refractivity contribution in [2.24, 2.45) is 0 Å². The van der Waals surface area contributed by atoms with Crippen molar-refractivity contribution in [1.82, 2.24) is 5.16 Å². The zero-order valence-electron chi connectivity index (χ0n) is 10.1. The van der Waals surface area contributed by atoms with E-state index >= 15 is 0 Å². The molecule has 0 spiro atoms. The summed E-state index contributed by atoms with van der Waals surface area (Å²) in [6.45, 7) is 6.20. The van der Waals surface area contributed by atoms with Crippen LogP contribution in [0.1, 0.15) is 30.9 Å². The van der Waals surface area contributed by atoms with E-state index in [4.69, 9.17) is 10.3 Å². The number of anilines is 1. The van der Waals surface area contributed by atoms with Crippen LogP contribution in [-0.4, -0.2) is 5.16 Å². The fraction of sp³-hybridized carbons (Fsp3) is 0.308. The Morgan fingerprint density at radius 3 is 2.65 bits per heavy atom. The van der Waals surface area contributed by atoms with Crippen LogP contribution < -0.4 is 5.73 Å². The van der Waals surface area contributed by atoms with Gasteiger partial charge < -0.3 is 10.3 Å². The van der Waals surface area contributed by atoms with Gasteiger partial charge >= 0.3 is 0 Å². The third-order valence-corrected chi connectivity index (χ3v) is 3.36. The van der Waals surface area contributed by atoms with Gasteiger partial charge in [-0.15, -0.1) is 0 Å². The van der Waals surface area contributed by atoms with E-state index in [-0.39, 0.29) is 5.92 Å². The molecule has 0 aliphatic heterocycles. The zero-order chi connectivity index (χ0) is 12.6. The van der Waals surface area contributed by atoms with Gasteiger partial charge in [-0.25, -0.2) is 0 Å². The molecule has 2 N–H and O–H groups in total. The average Bonchev–Trinajstić information content (AvgIpc) is 2.60. The van der Waals surface area contributed by atoms with Crippen molar-refractivity contribution in [2.75, 3.05) is 5.73 Å².